The topological polar surface area (TPSA) is 126 Å². The van der Waals surface area contributed by atoms with Gasteiger partial charge in [0.1, 0.15) is 23.3 Å². The fourth-order valence-electron chi connectivity index (χ4n) is 4.11. The Hall–Kier alpha value is -3.90. The summed E-state index contributed by atoms with van der Waals surface area (Å²) < 4.78 is 31.7. The van der Waals surface area contributed by atoms with Crippen LogP contribution in [0.15, 0.2) is 24.3 Å². The molecule has 0 amide bonds. The van der Waals surface area contributed by atoms with Gasteiger partial charge in [-0.15, -0.1) is 0 Å². The Bertz CT molecular complexity index is 1030. The summed E-state index contributed by atoms with van der Waals surface area (Å²) in [6, 6.07) is 6.04. The number of rotatable bonds is 12. The van der Waals surface area contributed by atoms with Crippen molar-refractivity contribution in [1.82, 2.24) is 0 Å². The van der Waals surface area contributed by atoms with E-state index in [1.54, 1.807) is 12.1 Å². The molecule has 0 saturated heterocycles. The van der Waals surface area contributed by atoms with E-state index in [1.165, 1.54) is 54.8 Å². The Labute approximate surface area is 220 Å². The molecule has 2 unspecified atom stereocenters. The van der Waals surface area contributed by atoms with Gasteiger partial charge in [0, 0.05) is 0 Å². The van der Waals surface area contributed by atoms with Crippen molar-refractivity contribution in [2.24, 2.45) is 0 Å². The molecule has 38 heavy (non-hydrogen) atoms. The van der Waals surface area contributed by atoms with Crippen LogP contribution in [-0.4, -0.2) is 66.8 Å². The zero-order valence-corrected chi connectivity index (χ0v) is 22.2. The third-order valence-corrected chi connectivity index (χ3v) is 5.98. The fraction of sp³-hybridized carbons (Fsp3) is 0.462. The first-order valence-corrected chi connectivity index (χ1v) is 11.8. The molecule has 208 valence electrons. The van der Waals surface area contributed by atoms with Crippen LogP contribution < -0.4 is 28.4 Å². The van der Waals surface area contributed by atoms with E-state index in [0.29, 0.717) is 24.3 Å². The van der Waals surface area contributed by atoms with Gasteiger partial charge >= 0.3 is 11.9 Å². The average molecular weight is 537 g/mol. The molecule has 2 aromatic rings. The molecule has 1 saturated carbocycles. The zero-order valence-electron chi connectivity index (χ0n) is 22.2. The monoisotopic (exact) mass is 536 g/mol. The summed E-state index contributed by atoms with van der Waals surface area (Å²) in [7, 11) is 8.57. The first kappa shape index (κ1) is 28.7. The standard InChI is InChI=1S/C26H32O12/c1-29-19-13-11-15(21(31-3)23(19)33-5)25(27)37-35-17-9-7-8-10-18(17)36-38-26(28)16-12-14-20(30-2)24(34-6)22(16)32-4/h11-14,17-18H,7-10H2,1-6H3. The predicted octanol–water partition coefficient (Wildman–Crippen LogP) is 3.93. The Balaban J connectivity index is 1.67. The highest BCUT2D eigenvalue weighted by atomic mass is 17.2. The Morgan fingerprint density at radius 2 is 0.921 bits per heavy atom. The lowest BCUT2D eigenvalue weighted by Gasteiger charge is -2.28. The predicted molar refractivity (Wildman–Crippen MR) is 131 cm³/mol. The molecule has 0 N–H and O–H groups in total. The molecule has 12 heteroatoms. The lowest BCUT2D eigenvalue weighted by Crippen LogP contribution is -2.36. The van der Waals surface area contributed by atoms with Crippen LogP contribution in [0.3, 0.4) is 0 Å². The maximum atomic E-state index is 12.8. The molecule has 0 bridgehead atoms. The maximum absolute atomic E-state index is 12.8. The van der Waals surface area contributed by atoms with Crippen molar-refractivity contribution in [2.75, 3.05) is 42.7 Å². The molecule has 2 atom stereocenters. The summed E-state index contributed by atoms with van der Waals surface area (Å²) in [6.07, 6.45) is 1.27. The molecular formula is C26H32O12. The molecule has 0 aromatic heterocycles. The minimum atomic E-state index is -0.806. The molecule has 3 rings (SSSR count). The Morgan fingerprint density at radius 1 is 0.553 bits per heavy atom. The SMILES string of the molecule is COc1ccc(C(=O)OOC2CCCCC2OOC(=O)c2ccc(OC)c(OC)c2OC)c(OC)c1OC. The second-order valence-corrected chi connectivity index (χ2v) is 8.06. The van der Waals surface area contributed by atoms with Crippen LogP contribution in [-0.2, 0) is 19.6 Å². The summed E-state index contributed by atoms with van der Waals surface area (Å²) in [5.74, 6) is -0.101. The van der Waals surface area contributed by atoms with E-state index >= 15 is 0 Å². The number of benzene rings is 2. The van der Waals surface area contributed by atoms with Gasteiger partial charge in [0.05, 0.1) is 42.7 Å². The summed E-state index contributed by atoms with van der Waals surface area (Å²) >= 11 is 0. The third kappa shape index (κ3) is 6.14. The van der Waals surface area contributed by atoms with Crippen LogP contribution in [0.4, 0.5) is 0 Å². The van der Waals surface area contributed by atoms with Gasteiger partial charge in [0.25, 0.3) is 0 Å². The molecule has 1 aliphatic rings. The molecule has 2 aromatic carbocycles. The van der Waals surface area contributed by atoms with Crippen molar-refractivity contribution in [2.45, 2.75) is 37.9 Å². The van der Waals surface area contributed by atoms with Gasteiger partial charge in [-0.05, 0) is 37.1 Å². The highest BCUT2D eigenvalue weighted by Gasteiger charge is 2.33. The first-order chi connectivity index (χ1) is 18.4. The number of carbonyl (C=O) groups excluding carboxylic acids is 2. The van der Waals surface area contributed by atoms with Crippen molar-refractivity contribution in [3.63, 3.8) is 0 Å². The van der Waals surface area contributed by atoms with E-state index in [4.69, 9.17) is 48.0 Å². The van der Waals surface area contributed by atoms with Gasteiger partial charge in [-0.1, -0.05) is 12.8 Å². The summed E-state index contributed by atoms with van der Waals surface area (Å²) in [6.45, 7) is 0. The van der Waals surface area contributed by atoms with Gasteiger partial charge in [0.2, 0.25) is 11.5 Å². The molecule has 0 radical (unpaired) electrons. The van der Waals surface area contributed by atoms with Gasteiger partial charge < -0.3 is 28.4 Å². The minimum absolute atomic E-state index is 0.0744. The molecule has 0 spiro atoms. The smallest absolute Gasteiger partial charge is 0.376 e. The lowest BCUT2D eigenvalue weighted by molar-refractivity contribution is -0.352. The van der Waals surface area contributed by atoms with Gasteiger partial charge in [-0.25, -0.2) is 9.59 Å². The average Bonchev–Trinajstić information content (AvgIpc) is 2.96. The van der Waals surface area contributed by atoms with Gasteiger partial charge in [-0.2, -0.15) is 9.78 Å². The number of carbonyl (C=O) groups is 2. The number of methoxy groups -OCH3 is 6. The highest BCUT2D eigenvalue weighted by molar-refractivity contribution is 5.94. The fourth-order valence-corrected chi connectivity index (χ4v) is 4.11. The molecule has 1 aliphatic carbocycles. The van der Waals surface area contributed by atoms with Crippen molar-refractivity contribution in [3.05, 3.63) is 35.4 Å². The van der Waals surface area contributed by atoms with Crippen LogP contribution in [0.25, 0.3) is 0 Å². The van der Waals surface area contributed by atoms with Gasteiger partial charge in [0.15, 0.2) is 23.0 Å². The Morgan fingerprint density at radius 3 is 1.24 bits per heavy atom. The van der Waals surface area contributed by atoms with Crippen LogP contribution in [0.1, 0.15) is 46.4 Å². The summed E-state index contributed by atoms with van der Waals surface area (Å²) in [5, 5.41) is 0. The number of hydrogen-bond acceptors (Lipinski definition) is 12. The van der Waals surface area contributed by atoms with Crippen molar-refractivity contribution in [3.8, 4) is 34.5 Å². The quantitative estimate of drug-likeness (QED) is 0.288. The van der Waals surface area contributed by atoms with Gasteiger partial charge in [-0.3, -0.25) is 9.78 Å². The van der Waals surface area contributed by atoms with Crippen LogP contribution in [0, 0.1) is 0 Å². The lowest BCUT2D eigenvalue weighted by atomic mass is 9.95. The van der Waals surface area contributed by atoms with Crippen molar-refractivity contribution in [1.29, 1.82) is 0 Å². The van der Waals surface area contributed by atoms with Crippen LogP contribution in [0.2, 0.25) is 0 Å². The van der Waals surface area contributed by atoms with E-state index in [1.807, 2.05) is 0 Å². The van der Waals surface area contributed by atoms with Crippen molar-refractivity contribution >= 4 is 11.9 Å². The zero-order chi connectivity index (χ0) is 27.7. The van der Waals surface area contributed by atoms with Crippen molar-refractivity contribution < 1.29 is 57.6 Å². The largest absolute Gasteiger partial charge is 0.493 e. The molecule has 0 aliphatic heterocycles. The third-order valence-electron chi connectivity index (χ3n) is 5.98. The van der Waals surface area contributed by atoms with E-state index in [2.05, 4.69) is 0 Å². The molecular weight excluding hydrogens is 504 g/mol. The van der Waals surface area contributed by atoms with E-state index < -0.39 is 24.1 Å². The van der Waals surface area contributed by atoms with E-state index in [9.17, 15) is 9.59 Å². The van der Waals surface area contributed by atoms with E-state index in [0.717, 1.165) is 12.8 Å². The summed E-state index contributed by atoms with van der Waals surface area (Å²) in [4.78, 5) is 46.7. The van der Waals surface area contributed by atoms with Crippen LogP contribution in [0.5, 0.6) is 34.5 Å². The second-order valence-electron chi connectivity index (χ2n) is 8.06. The second kappa shape index (κ2) is 13.6. The number of hydrogen-bond donors (Lipinski definition) is 0. The van der Waals surface area contributed by atoms with Crippen LogP contribution >= 0.6 is 0 Å². The molecule has 0 heterocycles. The molecule has 12 nitrogen and oxygen atoms in total. The highest BCUT2D eigenvalue weighted by Crippen LogP contribution is 2.41. The first-order valence-electron chi connectivity index (χ1n) is 11.8. The van der Waals surface area contributed by atoms with E-state index in [-0.39, 0.29) is 34.1 Å². The Kier molecular flexibility index (Phi) is 10.3. The molecule has 1 fully saturated rings. The minimum Gasteiger partial charge on any atom is -0.493 e. The number of ether oxygens (including phenoxy) is 6. The normalized spacial score (nSPS) is 16.7. The maximum Gasteiger partial charge on any atom is 0.376 e. The summed E-state index contributed by atoms with van der Waals surface area (Å²) in [5.41, 5.74) is 0.149.